The molecule has 152 valence electrons. The quantitative estimate of drug-likeness (QED) is 0.660. The predicted octanol–water partition coefficient (Wildman–Crippen LogP) is 1.80. The molecule has 1 saturated heterocycles. The SMILES string of the molecule is COc1ccc(S(=O)(=O)N2CCN(Cn3nc(C4CC4)n(C)c3=S)CC2)cc1. The third-order valence-corrected chi connectivity index (χ3v) is 7.78. The first-order valence-corrected chi connectivity index (χ1v) is 11.3. The molecule has 1 saturated carbocycles. The normalized spacial score (nSPS) is 19.1. The van der Waals surface area contributed by atoms with Crippen LogP contribution in [0.3, 0.4) is 0 Å². The summed E-state index contributed by atoms with van der Waals surface area (Å²) in [6.45, 7) is 2.78. The molecule has 2 aromatic rings. The van der Waals surface area contributed by atoms with Crippen molar-refractivity contribution >= 4 is 22.2 Å². The highest BCUT2D eigenvalue weighted by Crippen LogP contribution is 2.38. The van der Waals surface area contributed by atoms with Crippen LogP contribution in [0.2, 0.25) is 0 Å². The van der Waals surface area contributed by atoms with E-state index in [1.165, 1.54) is 12.8 Å². The maximum atomic E-state index is 12.9. The van der Waals surface area contributed by atoms with Gasteiger partial charge in [0, 0.05) is 39.1 Å². The Balaban J connectivity index is 1.40. The minimum Gasteiger partial charge on any atom is -0.497 e. The second-order valence-corrected chi connectivity index (χ2v) is 9.62. The van der Waals surface area contributed by atoms with Crippen molar-refractivity contribution in [2.45, 2.75) is 30.3 Å². The van der Waals surface area contributed by atoms with Crippen molar-refractivity contribution in [1.82, 2.24) is 23.6 Å². The lowest BCUT2D eigenvalue weighted by Crippen LogP contribution is -2.48. The molecule has 1 aromatic heterocycles. The Morgan fingerprint density at radius 3 is 2.36 bits per heavy atom. The first kappa shape index (κ1) is 19.6. The van der Waals surface area contributed by atoms with Gasteiger partial charge in [-0.2, -0.15) is 9.40 Å². The summed E-state index contributed by atoms with van der Waals surface area (Å²) in [6, 6.07) is 6.52. The highest BCUT2D eigenvalue weighted by Gasteiger charge is 2.31. The van der Waals surface area contributed by atoms with E-state index in [1.54, 1.807) is 35.7 Å². The summed E-state index contributed by atoms with van der Waals surface area (Å²) < 4.78 is 36.9. The summed E-state index contributed by atoms with van der Waals surface area (Å²) in [5, 5.41) is 4.69. The number of hydrogen-bond acceptors (Lipinski definition) is 6. The van der Waals surface area contributed by atoms with Crippen molar-refractivity contribution in [3.05, 3.63) is 34.9 Å². The highest BCUT2D eigenvalue weighted by molar-refractivity contribution is 7.89. The number of benzene rings is 1. The maximum absolute atomic E-state index is 12.9. The van der Waals surface area contributed by atoms with Gasteiger partial charge in [-0.3, -0.25) is 4.90 Å². The van der Waals surface area contributed by atoms with E-state index in [4.69, 9.17) is 17.0 Å². The molecule has 0 bridgehead atoms. The Kier molecular flexibility index (Phi) is 5.30. The van der Waals surface area contributed by atoms with Crippen molar-refractivity contribution < 1.29 is 13.2 Å². The zero-order chi connectivity index (χ0) is 19.9. The molecule has 10 heteroatoms. The number of aromatic nitrogens is 3. The van der Waals surface area contributed by atoms with Crippen LogP contribution in [0.1, 0.15) is 24.6 Å². The van der Waals surface area contributed by atoms with Crippen molar-refractivity contribution in [2.24, 2.45) is 7.05 Å². The van der Waals surface area contributed by atoms with E-state index in [1.807, 2.05) is 16.3 Å². The Bertz CT molecular complexity index is 1000. The second kappa shape index (κ2) is 7.58. The third kappa shape index (κ3) is 3.73. The van der Waals surface area contributed by atoms with Crippen molar-refractivity contribution in [3.8, 4) is 5.75 Å². The van der Waals surface area contributed by atoms with E-state index in [-0.39, 0.29) is 0 Å². The second-order valence-electron chi connectivity index (χ2n) is 7.31. The number of rotatable bonds is 6. The van der Waals surface area contributed by atoms with Crippen molar-refractivity contribution in [1.29, 1.82) is 0 Å². The molecule has 1 aromatic carbocycles. The van der Waals surface area contributed by atoms with Crippen molar-refractivity contribution in [2.75, 3.05) is 33.3 Å². The molecule has 2 aliphatic rings. The van der Waals surface area contributed by atoms with E-state index >= 15 is 0 Å². The van der Waals surface area contributed by atoms with Gasteiger partial charge in [0.05, 0.1) is 18.7 Å². The monoisotopic (exact) mass is 423 g/mol. The summed E-state index contributed by atoms with van der Waals surface area (Å²) in [5.41, 5.74) is 0. The fourth-order valence-corrected chi connectivity index (χ4v) is 5.11. The molecule has 2 heterocycles. The number of methoxy groups -OCH3 is 1. The largest absolute Gasteiger partial charge is 0.497 e. The van der Waals surface area contributed by atoms with E-state index in [0.717, 1.165) is 10.6 Å². The van der Waals surface area contributed by atoms with Gasteiger partial charge in [-0.05, 0) is 49.3 Å². The summed E-state index contributed by atoms with van der Waals surface area (Å²) in [5.74, 6) is 2.24. The third-order valence-electron chi connectivity index (χ3n) is 5.38. The molecule has 0 N–H and O–H groups in total. The fraction of sp³-hybridized carbons (Fsp3) is 0.556. The Morgan fingerprint density at radius 1 is 1.14 bits per heavy atom. The van der Waals surface area contributed by atoms with Gasteiger partial charge < -0.3 is 9.30 Å². The van der Waals surface area contributed by atoms with Crippen LogP contribution in [-0.4, -0.2) is 65.3 Å². The summed E-state index contributed by atoms with van der Waals surface area (Å²) >= 11 is 5.52. The molecule has 0 amide bonds. The molecule has 8 nitrogen and oxygen atoms in total. The number of nitrogens with zero attached hydrogens (tertiary/aromatic N) is 5. The van der Waals surface area contributed by atoms with Crippen LogP contribution < -0.4 is 4.74 Å². The van der Waals surface area contributed by atoms with Crippen molar-refractivity contribution in [3.63, 3.8) is 0 Å². The summed E-state index contributed by atoms with van der Waals surface area (Å²) in [6.07, 6.45) is 2.36. The summed E-state index contributed by atoms with van der Waals surface area (Å²) in [4.78, 5) is 2.49. The number of hydrogen-bond donors (Lipinski definition) is 0. The highest BCUT2D eigenvalue weighted by atomic mass is 32.2. The van der Waals surface area contributed by atoms with Gasteiger partial charge >= 0.3 is 0 Å². The van der Waals surface area contributed by atoms with Crippen LogP contribution in [0.4, 0.5) is 0 Å². The molecule has 0 unspecified atom stereocenters. The van der Waals surface area contributed by atoms with E-state index in [9.17, 15) is 8.42 Å². The van der Waals surface area contributed by atoms with E-state index in [0.29, 0.717) is 49.4 Å². The molecule has 0 atom stereocenters. The van der Waals surface area contributed by atoms with Gasteiger partial charge in [0.1, 0.15) is 11.6 Å². The first-order chi connectivity index (χ1) is 13.4. The minimum absolute atomic E-state index is 0.294. The van der Waals surface area contributed by atoms with E-state index in [2.05, 4.69) is 10.00 Å². The Morgan fingerprint density at radius 2 is 1.79 bits per heavy atom. The topological polar surface area (TPSA) is 72.6 Å². The number of piperazine rings is 1. The fourth-order valence-electron chi connectivity index (χ4n) is 3.49. The van der Waals surface area contributed by atoms with Gasteiger partial charge in [0.25, 0.3) is 0 Å². The van der Waals surface area contributed by atoms with Gasteiger partial charge in [-0.25, -0.2) is 13.1 Å². The van der Waals surface area contributed by atoms with Crippen LogP contribution in [0.25, 0.3) is 0 Å². The molecule has 0 radical (unpaired) electrons. The van der Waals surface area contributed by atoms with Crippen LogP contribution in [0, 0.1) is 4.77 Å². The van der Waals surface area contributed by atoms with Gasteiger partial charge in [-0.1, -0.05) is 0 Å². The molecular formula is C18H25N5O3S2. The van der Waals surface area contributed by atoms with Gasteiger partial charge in [0.2, 0.25) is 10.0 Å². The molecule has 1 aliphatic heterocycles. The predicted molar refractivity (Wildman–Crippen MR) is 107 cm³/mol. The zero-order valence-electron chi connectivity index (χ0n) is 16.1. The van der Waals surface area contributed by atoms with Crippen LogP contribution in [0.5, 0.6) is 5.75 Å². The van der Waals surface area contributed by atoms with Crippen LogP contribution >= 0.6 is 12.2 Å². The molecule has 0 spiro atoms. The lowest BCUT2D eigenvalue weighted by molar-refractivity contribution is 0.144. The molecular weight excluding hydrogens is 398 g/mol. The Hall–Kier alpha value is -1.75. The molecule has 4 rings (SSSR count). The average Bonchev–Trinajstić information content (AvgIpc) is 3.51. The lowest BCUT2D eigenvalue weighted by atomic mass is 10.3. The summed E-state index contributed by atoms with van der Waals surface area (Å²) in [7, 11) is 0.0377. The maximum Gasteiger partial charge on any atom is 0.243 e. The van der Waals surface area contributed by atoms with Crippen LogP contribution in [0.15, 0.2) is 29.2 Å². The first-order valence-electron chi connectivity index (χ1n) is 9.40. The van der Waals surface area contributed by atoms with Gasteiger partial charge in [-0.15, -0.1) is 0 Å². The minimum atomic E-state index is -3.49. The Labute approximate surface area is 170 Å². The van der Waals surface area contributed by atoms with E-state index < -0.39 is 10.0 Å². The van der Waals surface area contributed by atoms with Crippen LogP contribution in [-0.2, 0) is 23.7 Å². The molecule has 2 fully saturated rings. The number of sulfonamides is 1. The average molecular weight is 424 g/mol. The number of ether oxygens (including phenoxy) is 1. The smallest absolute Gasteiger partial charge is 0.243 e. The standard InChI is InChI=1S/C18H25N5O3S2/c1-20-17(14-3-4-14)19-23(18(20)27)13-21-9-11-22(12-10-21)28(24,25)16-7-5-15(26-2)6-8-16/h5-8,14H,3-4,9-13H2,1-2H3. The lowest BCUT2D eigenvalue weighted by Gasteiger charge is -2.33. The molecule has 28 heavy (non-hydrogen) atoms. The molecule has 1 aliphatic carbocycles. The van der Waals surface area contributed by atoms with Gasteiger partial charge in [0.15, 0.2) is 4.77 Å². The zero-order valence-corrected chi connectivity index (χ0v) is 17.7.